The minimum absolute atomic E-state index is 0.0289. The molecular formula is C11H10BrClO. The van der Waals surface area contributed by atoms with E-state index in [0.717, 1.165) is 22.9 Å². The SMILES string of the molecule is OCc1cc(Cl)ccc1C#CCCBr. The lowest BCUT2D eigenvalue weighted by molar-refractivity contribution is 0.281. The Balaban J connectivity index is 2.92. The van der Waals surface area contributed by atoms with Crippen LogP contribution < -0.4 is 0 Å². The van der Waals surface area contributed by atoms with Crippen LogP contribution in [0.2, 0.25) is 5.02 Å². The van der Waals surface area contributed by atoms with Gasteiger partial charge in [0, 0.05) is 22.3 Å². The summed E-state index contributed by atoms with van der Waals surface area (Å²) in [6, 6.07) is 5.34. The van der Waals surface area contributed by atoms with Crippen molar-refractivity contribution in [1.82, 2.24) is 0 Å². The van der Waals surface area contributed by atoms with Crippen molar-refractivity contribution in [2.24, 2.45) is 0 Å². The predicted octanol–water partition coefficient (Wildman–Crippen LogP) is 2.97. The van der Waals surface area contributed by atoms with Gasteiger partial charge in [-0.25, -0.2) is 0 Å². The fourth-order valence-electron chi connectivity index (χ4n) is 1.02. The summed E-state index contributed by atoms with van der Waals surface area (Å²) in [5.41, 5.74) is 1.62. The number of aliphatic hydroxyl groups excluding tert-OH is 1. The lowest BCUT2D eigenvalue weighted by Crippen LogP contribution is -1.88. The summed E-state index contributed by atoms with van der Waals surface area (Å²) in [4.78, 5) is 0. The van der Waals surface area contributed by atoms with Gasteiger partial charge in [-0.2, -0.15) is 0 Å². The van der Waals surface area contributed by atoms with Crippen LogP contribution in [0.3, 0.4) is 0 Å². The Labute approximate surface area is 97.2 Å². The van der Waals surface area contributed by atoms with Crippen LogP contribution in [0.1, 0.15) is 17.5 Å². The number of hydrogen-bond donors (Lipinski definition) is 1. The van der Waals surface area contributed by atoms with Crippen molar-refractivity contribution in [1.29, 1.82) is 0 Å². The van der Waals surface area contributed by atoms with Crippen LogP contribution in [0.4, 0.5) is 0 Å². The van der Waals surface area contributed by atoms with Crippen molar-refractivity contribution in [3.63, 3.8) is 0 Å². The van der Waals surface area contributed by atoms with Gasteiger partial charge >= 0.3 is 0 Å². The molecule has 0 fully saturated rings. The molecule has 0 aliphatic heterocycles. The molecule has 3 heteroatoms. The summed E-state index contributed by atoms with van der Waals surface area (Å²) in [6.45, 7) is -0.0289. The normalized spacial score (nSPS) is 9.36. The Bertz CT molecular complexity index is 365. The average molecular weight is 274 g/mol. The van der Waals surface area contributed by atoms with Crippen molar-refractivity contribution < 1.29 is 5.11 Å². The maximum Gasteiger partial charge on any atom is 0.0694 e. The number of alkyl halides is 1. The van der Waals surface area contributed by atoms with Crippen LogP contribution >= 0.6 is 27.5 Å². The molecule has 1 aromatic carbocycles. The quantitative estimate of drug-likeness (QED) is 0.649. The molecule has 0 spiro atoms. The Morgan fingerprint density at radius 3 is 2.86 bits per heavy atom. The summed E-state index contributed by atoms with van der Waals surface area (Å²) in [7, 11) is 0. The van der Waals surface area contributed by atoms with E-state index >= 15 is 0 Å². The van der Waals surface area contributed by atoms with E-state index in [1.54, 1.807) is 12.1 Å². The van der Waals surface area contributed by atoms with E-state index in [4.69, 9.17) is 16.7 Å². The first kappa shape index (κ1) is 11.6. The zero-order valence-electron chi connectivity index (χ0n) is 7.56. The second kappa shape index (κ2) is 6.08. The molecule has 0 amide bonds. The highest BCUT2D eigenvalue weighted by molar-refractivity contribution is 9.09. The van der Waals surface area contributed by atoms with Crippen LogP contribution in [0.25, 0.3) is 0 Å². The molecule has 0 aliphatic carbocycles. The Morgan fingerprint density at radius 1 is 1.43 bits per heavy atom. The Kier molecular flexibility index (Phi) is 5.03. The molecule has 0 radical (unpaired) electrons. The Morgan fingerprint density at radius 2 is 2.21 bits per heavy atom. The van der Waals surface area contributed by atoms with Crippen molar-refractivity contribution >= 4 is 27.5 Å². The molecule has 1 N–H and O–H groups in total. The van der Waals surface area contributed by atoms with E-state index in [-0.39, 0.29) is 6.61 Å². The third kappa shape index (κ3) is 3.34. The number of hydrogen-bond acceptors (Lipinski definition) is 1. The lowest BCUT2D eigenvalue weighted by Gasteiger charge is -2.00. The van der Waals surface area contributed by atoms with Crippen LogP contribution in [-0.4, -0.2) is 10.4 Å². The van der Waals surface area contributed by atoms with Crippen LogP contribution in [0, 0.1) is 11.8 Å². The first-order valence-electron chi connectivity index (χ1n) is 4.22. The molecule has 14 heavy (non-hydrogen) atoms. The molecule has 0 aliphatic rings. The second-order valence-electron chi connectivity index (χ2n) is 2.70. The summed E-state index contributed by atoms with van der Waals surface area (Å²) < 4.78 is 0. The van der Waals surface area contributed by atoms with Gasteiger partial charge < -0.3 is 5.11 Å². The fourth-order valence-corrected chi connectivity index (χ4v) is 1.41. The highest BCUT2D eigenvalue weighted by atomic mass is 79.9. The molecule has 0 heterocycles. The second-order valence-corrected chi connectivity index (χ2v) is 3.93. The highest BCUT2D eigenvalue weighted by Gasteiger charge is 1.98. The molecule has 0 unspecified atom stereocenters. The maximum atomic E-state index is 9.06. The molecule has 0 saturated carbocycles. The Hall–Kier alpha value is -0.490. The van der Waals surface area contributed by atoms with Crippen molar-refractivity contribution in [2.45, 2.75) is 13.0 Å². The van der Waals surface area contributed by atoms with Gasteiger partial charge in [0.25, 0.3) is 0 Å². The molecule has 0 bridgehead atoms. The summed E-state index contributed by atoms with van der Waals surface area (Å²) in [5.74, 6) is 5.99. The minimum Gasteiger partial charge on any atom is -0.392 e. The van der Waals surface area contributed by atoms with Gasteiger partial charge in [0.15, 0.2) is 0 Å². The van der Waals surface area contributed by atoms with Crippen molar-refractivity contribution in [3.05, 3.63) is 34.3 Å². The van der Waals surface area contributed by atoms with Crippen LogP contribution in [0.5, 0.6) is 0 Å². The van der Waals surface area contributed by atoms with Gasteiger partial charge in [0.1, 0.15) is 0 Å². The summed E-state index contributed by atoms with van der Waals surface area (Å²) >= 11 is 9.09. The fraction of sp³-hybridized carbons (Fsp3) is 0.273. The molecule has 0 saturated heterocycles. The molecule has 1 aromatic rings. The van der Waals surface area contributed by atoms with E-state index in [1.165, 1.54) is 0 Å². The van der Waals surface area contributed by atoms with E-state index in [0.29, 0.717) is 5.02 Å². The molecule has 74 valence electrons. The highest BCUT2D eigenvalue weighted by Crippen LogP contribution is 2.15. The largest absolute Gasteiger partial charge is 0.392 e. The van der Waals surface area contributed by atoms with Crippen molar-refractivity contribution in [2.75, 3.05) is 5.33 Å². The number of rotatable bonds is 2. The third-order valence-electron chi connectivity index (χ3n) is 1.68. The van der Waals surface area contributed by atoms with Gasteiger partial charge in [-0.3, -0.25) is 0 Å². The standard InChI is InChI=1S/C11H10BrClO/c12-6-2-1-3-9-4-5-11(13)7-10(9)8-14/h4-5,7,14H,2,6,8H2. The van der Waals surface area contributed by atoms with Crippen LogP contribution in [-0.2, 0) is 6.61 Å². The third-order valence-corrected chi connectivity index (χ3v) is 2.31. The summed E-state index contributed by atoms with van der Waals surface area (Å²) in [5, 5.41) is 10.6. The number of halogens is 2. The van der Waals surface area contributed by atoms with Gasteiger partial charge in [-0.15, -0.1) is 0 Å². The molecule has 0 aromatic heterocycles. The maximum absolute atomic E-state index is 9.06. The number of benzene rings is 1. The summed E-state index contributed by atoms with van der Waals surface area (Å²) in [6.07, 6.45) is 0.799. The predicted molar refractivity (Wildman–Crippen MR) is 62.7 cm³/mol. The van der Waals surface area contributed by atoms with Gasteiger partial charge in [0.2, 0.25) is 0 Å². The van der Waals surface area contributed by atoms with Gasteiger partial charge in [-0.1, -0.05) is 39.4 Å². The van der Waals surface area contributed by atoms with Crippen LogP contribution in [0.15, 0.2) is 18.2 Å². The van der Waals surface area contributed by atoms with Crippen molar-refractivity contribution in [3.8, 4) is 11.8 Å². The van der Waals surface area contributed by atoms with E-state index in [2.05, 4.69) is 27.8 Å². The monoisotopic (exact) mass is 272 g/mol. The van der Waals surface area contributed by atoms with E-state index in [9.17, 15) is 0 Å². The first-order valence-corrected chi connectivity index (χ1v) is 5.72. The van der Waals surface area contributed by atoms with E-state index < -0.39 is 0 Å². The zero-order chi connectivity index (χ0) is 10.4. The smallest absolute Gasteiger partial charge is 0.0694 e. The minimum atomic E-state index is -0.0289. The number of aliphatic hydroxyl groups is 1. The van der Waals surface area contributed by atoms with E-state index in [1.807, 2.05) is 6.07 Å². The van der Waals surface area contributed by atoms with Gasteiger partial charge in [-0.05, 0) is 23.8 Å². The molecule has 1 nitrogen and oxygen atoms in total. The zero-order valence-corrected chi connectivity index (χ0v) is 9.90. The molecule has 0 atom stereocenters. The average Bonchev–Trinajstić information content (AvgIpc) is 2.20. The lowest BCUT2D eigenvalue weighted by atomic mass is 10.1. The topological polar surface area (TPSA) is 20.2 Å². The molecule has 1 rings (SSSR count). The first-order chi connectivity index (χ1) is 6.77. The molecular weight excluding hydrogens is 263 g/mol. The van der Waals surface area contributed by atoms with Gasteiger partial charge in [0.05, 0.1) is 6.61 Å².